The van der Waals surface area contributed by atoms with Gasteiger partial charge >= 0.3 is 7.12 Å². The van der Waals surface area contributed by atoms with Crippen LogP contribution in [0.3, 0.4) is 0 Å². The van der Waals surface area contributed by atoms with Crippen LogP contribution in [0.1, 0.15) is 18.9 Å². The van der Waals surface area contributed by atoms with Crippen molar-refractivity contribution in [2.75, 3.05) is 0 Å². The predicted molar refractivity (Wildman–Crippen MR) is 89.9 cm³/mol. The number of aromatic nitrogens is 1. The van der Waals surface area contributed by atoms with E-state index in [1.165, 1.54) is 5.56 Å². The zero-order valence-corrected chi connectivity index (χ0v) is 14.3. The predicted octanol–water partition coefficient (Wildman–Crippen LogP) is 2.93. The van der Waals surface area contributed by atoms with Gasteiger partial charge in [0.25, 0.3) is 0 Å². The molecule has 0 radical (unpaired) electrons. The summed E-state index contributed by atoms with van der Waals surface area (Å²) in [4.78, 5) is 4.09. The number of aryl methyl sites for hydroxylation is 1. The summed E-state index contributed by atoms with van der Waals surface area (Å²) < 4.78 is 2.01. The van der Waals surface area contributed by atoms with Crippen LogP contribution in [0.5, 0.6) is 0 Å². The molecule has 0 bridgehead atoms. The zero-order valence-electron chi connectivity index (χ0n) is 11.1. The molecule has 6 heteroatoms. The minimum Gasteiger partial charge on any atom is -0.423 e. The second kappa shape index (κ2) is 9.29. The highest BCUT2D eigenvalue weighted by Crippen LogP contribution is 2.20. The topological polar surface area (TPSA) is 53.4 Å². The van der Waals surface area contributed by atoms with Crippen molar-refractivity contribution < 1.29 is 10.0 Å². The fourth-order valence-electron chi connectivity index (χ4n) is 1.54. The largest absolute Gasteiger partial charge is 0.488 e. The Balaban J connectivity index is 0.000000204. The SMILES string of the molecule is CCCc1cc(Br)ncc1Br.OB(O)c1ccccc1. The lowest BCUT2D eigenvalue weighted by Crippen LogP contribution is -2.29. The minimum absolute atomic E-state index is 0.525. The summed E-state index contributed by atoms with van der Waals surface area (Å²) >= 11 is 6.78. The third-order valence-corrected chi connectivity index (χ3v) is 3.67. The molecule has 3 nitrogen and oxygen atoms in total. The number of halogens is 2. The van der Waals surface area contributed by atoms with Crippen LogP contribution >= 0.6 is 31.9 Å². The molecule has 0 aliphatic rings. The molecule has 0 atom stereocenters. The molecule has 0 fully saturated rings. The van der Waals surface area contributed by atoms with Crippen LogP contribution in [0.2, 0.25) is 0 Å². The average molecular weight is 401 g/mol. The second-order valence-corrected chi connectivity index (χ2v) is 5.80. The number of rotatable bonds is 3. The third kappa shape index (κ3) is 6.18. The summed E-state index contributed by atoms with van der Waals surface area (Å²) in [7, 11) is -1.34. The first-order valence-corrected chi connectivity index (χ1v) is 7.84. The van der Waals surface area contributed by atoms with Crippen molar-refractivity contribution in [3.63, 3.8) is 0 Å². The van der Waals surface area contributed by atoms with Crippen LogP contribution < -0.4 is 5.46 Å². The third-order valence-electron chi connectivity index (χ3n) is 2.52. The van der Waals surface area contributed by atoms with Gasteiger partial charge in [0.05, 0.1) is 0 Å². The van der Waals surface area contributed by atoms with E-state index in [1.807, 2.05) is 18.3 Å². The highest BCUT2D eigenvalue weighted by molar-refractivity contribution is 9.11. The second-order valence-electron chi connectivity index (χ2n) is 4.13. The van der Waals surface area contributed by atoms with E-state index in [0.717, 1.165) is 21.9 Å². The molecule has 1 heterocycles. The van der Waals surface area contributed by atoms with Crippen LogP contribution in [-0.2, 0) is 6.42 Å². The van der Waals surface area contributed by atoms with Gasteiger partial charge < -0.3 is 10.0 Å². The summed E-state index contributed by atoms with van der Waals surface area (Å²) in [6.07, 6.45) is 4.09. The summed E-state index contributed by atoms with van der Waals surface area (Å²) in [5.74, 6) is 0. The van der Waals surface area contributed by atoms with E-state index in [9.17, 15) is 0 Å². The summed E-state index contributed by atoms with van der Waals surface area (Å²) in [6, 6.07) is 10.7. The van der Waals surface area contributed by atoms with Gasteiger partial charge in [0.1, 0.15) is 4.60 Å². The van der Waals surface area contributed by atoms with Gasteiger partial charge in [-0.2, -0.15) is 0 Å². The summed E-state index contributed by atoms with van der Waals surface area (Å²) in [6.45, 7) is 2.17. The first kappa shape index (κ1) is 17.4. The van der Waals surface area contributed by atoms with Gasteiger partial charge in [0.2, 0.25) is 0 Å². The van der Waals surface area contributed by atoms with Gasteiger partial charge in [-0.05, 0) is 55.4 Å². The highest BCUT2D eigenvalue weighted by atomic mass is 79.9. The molecule has 2 N–H and O–H groups in total. The van der Waals surface area contributed by atoms with E-state index in [1.54, 1.807) is 24.3 Å². The molecule has 1 aromatic heterocycles. The Morgan fingerprint density at radius 2 is 1.80 bits per heavy atom. The Bertz CT molecular complexity index is 524. The van der Waals surface area contributed by atoms with E-state index in [-0.39, 0.29) is 0 Å². The van der Waals surface area contributed by atoms with Crippen molar-refractivity contribution in [2.45, 2.75) is 19.8 Å². The molecule has 2 rings (SSSR count). The van der Waals surface area contributed by atoms with Gasteiger partial charge in [0.15, 0.2) is 0 Å². The molecule has 0 aliphatic heterocycles. The first-order valence-electron chi connectivity index (χ1n) is 6.25. The Kier molecular flexibility index (Phi) is 8.06. The maximum absolute atomic E-state index is 8.58. The number of hydrogen-bond acceptors (Lipinski definition) is 3. The minimum atomic E-state index is -1.34. The molecule has 0 aliphatic carbocycles. The van der Waals surface area contributed by atoms with Crippen LogP contribution in [-0.4, -0.2) is 22.2 Å². The number of pyridine rings is 1. The molecule has 0 amide bonds. The lowest BCUT2D eigenvalue weighted by Gasteiger charge is -2.01. The Hall–Kier alpha value is -0.685. The number of nitrogens with zero attached hydrogens (tertiary/aromatic N) is 1. The van der Waals surface area contributed by atoms with Crippen LogP contribution in [0.25, 0.3) is 0 Å². The van der Waals surface area contributed by atoms with E-state index in [0.29, 0.717) is 5.46 Å². The van der Waals surface area contributed by atoms with Crippen molar-refractivity contribution in [2.24, 2.45) is 0 Å². The van der Waals surface area contributed by atoms with Crippen LogP contribution in [0.4, 0.5) is 0 Å². The van der Waals surface area contributed by atoms with Crippen molar-refractivity contribution >= 4 is 44.4 Å². The lowest BCUT2D eigenvalue weighted by atomic mass is 9.81. The summed E-state index contributed by atoms with van der Waals surface area (Å²) in [5.41, 5.74) is 1.84. The maximum Gasteiger partial charge on any atom is 0.488 e. The van der Waals surface area contributed by atoms with Crippen LogP contribution in [0, 0.1) is 0 Å². The molecule has 1 aromatic carbocycles. The molecule has 0 saturated carbocycles. The maximum atomic E-state index is 8.58. The Labute approximate surface area is 136 Å². The van der Waals surface area contributed by atoms with Gasteiger partial charge in [-0.25, -0.2) is 4.98 Å². The first-order chi connectivity index (χ1) is 9.54. The smallest absolute Gasteiger partial charge is 0.423 e. The molecule has 106 valence electrons. The average Bonchev–Trinajstić information content (AvgIpc) is 2.45. The van der Waals surface area contributed by atoms with E-state index < -0.39 is 7.12 Å². The molecule has 0 saturated heterocycles. The van der Waals surface area contributed by atoms with Gasteiger partial charge in [0, 0.05) is 10.7 Å². The molecular weight excluding hydrogens is 385 g/mol. The normalized spacial score (nSPS) is 9.65. The monoisotopic (exact) mass is 399 g/mol. The van der Waals surface area contributed by atoms with E-state index >= 15 is 0 Å². The van der Waals surface area contributed by atoms with E-state index in [4.69, 9.17) is 10.0 Å². The van der Waals surface area contributed by atoms with Gasteiger partial charge in [-0.15, -0.1) is 0 Å². The molecule has 20 heavy (non-hydrogen) atoms. The highest BCUT2D eigenvalue weighted by Gasteiger charge is 2.07. The molecular formula is C14H16BBr2NO2. The quantitative estimate of drug-likeness (QED) is 0.615. The zero-order chi connectivity index (χ0) is 15.0. The molecule has 2 aromatic rings. The van der Waals surface area contributed by atoms with Crippen molar-refractivity contribution in [3.8, 4) is 0 Å². The molecule has 0 spiro atoms. The van der Waals surface area contributed by atoms with Crippen LogP contribution in [0.15, 0.2) is 51.7 Å². The van der Waals surface area contributed by atoms with Crippen molar-refractivity contribution in [1.82, 2.24) is 4.98 Å². The molecule has 0 unspecified atom stereocenters. The van der Waals surface area contributed by atoms with Gasteiger partial charge in [-0.3, -0.25) is 0 Å². The fourth-order valence-corrected chi connectivity index (χ4v) is 2.33. The number of benzene rings is 1. The fraction of sp³-hybridized carbons (Fsp3) is 0.214. The Morgan fingerprint density at radius 1 is 1.15 bits per heavy atom. The number of hydrogen-bond donors (Lipinski definition) is 2. The summed E-state index contributed by atoms with van der Waals surface area (Å²) in [5, 5.41) is 17.2. The lowest BCUT2D eigenvalue weighted by molar-refractivity contribution is 0.426. The standard InChI is InChI=1S/C8H9Br2N.C6H7BO2/c1-2-3-6-4-8(10)11-5-7(6)9;8-7(9)6-4-2-1-3-5-6/h4-5H,2-3H2,1H3;1-5,8-9H. The van der Waals surface area contributed by atoms with Gasteiger partial charge in [-0.1, -0.05) is 43.7 Å². The Morgan fingerprint density at radius 3 is 2.30 bits per heavy atom. The van der Waals surface area contributed by atoms with Crippen molar-refractivity contribution in [3.05, 3.63) is 57.2 Å². The van der Waals surface area contributed by atoms with E-state index in [2.05, 4.69) is 43.8 Å². The van der Waals surface area contributed by atoms with Crippen molar-refractivity contribution in [1.29, 1.82) is 0 Å².